The van der Waals surface area contributed by atoms with Crippen LogP contribution in [0.15, 0.2) is 23.1 Å². The highest BCUT2D eigenvalue weighted by molar-refractivity contribution is 5.75. The average molecular weight is 328 g/mol. The monoisotopic (exact) mass is 328 g/mol. The van der Waals surface area contributed by atoms with Crippen LogP contribution in [0.2, 0.25) is 0 Å². The first-order valence-corrected chi connectivity index (χ1v) is 9.03. The van der Waals surface area contributed by atoms with Crippen LogP contribution in [0.1, 0.15) is 57.4 Å². The largest absolute Gasteiger partial charge is 0.393 e. The summed E-state index contributed by atoms with van der Waals surface area (Å²) in [6.45, 7) is 0. The molecule has 0 unspecified atom stereocenters. The van der Waals surface area contributed by atoms with E-state index in [9.17, 15) is 9.90 Å². The Labute approximate surface area is 140 Å². The Morgan fingerprint density at radius 2 is 1.83 bits per heavy atom. The Morgan fingerprint density at radius 1 is 1.08 bits per heavy atom. The molecule has 6 heteroatoms. The van der Waals surface area contributed by atoms with E-state index in [2.05, 4.69) is 15.3 Å². The van der Waals surface area contributed by atoms with Gasteiger partial charge in [0.25, 0.3) is 5.56 Å². The molecule has 0 radical (unpaired) electrons. The third-order valence-electron chi connectivity index (χ3n) is 5.39. The number of anilines is 1. The van der Waals surface area contributed by atoms with Crippen molar-refractivity contribution in [3.8, 4) is 0 Å². The van der Waals surface area contributed by atoms with Crippen molar-refractivity contribution in [1.82, 2.24) is 14.5 Å². The quantitative estimate of drug-likeness (QED) is 0.905. The minimum atomic E-state index is -0.173. The molecule has 0 bridgehead atoms. The lowest BCUT2D eigenvalue weighted by Gasteiger charge is -2.26. The minimum Gasteiger partial charge on any atom is -0.393 e. The zero-order chi connectivity index (χ0) is 16.5. The van der Waals surface area contributed by atoms with E-state index < -0.39 is 0 Å². The van der Waals surface area contributed by atoms with Gasteiger partial charge in [0.05, 0.1) is 6.10 Å². The lowest BCUT2D eigenvalue weighted by molar-refractivity contribution is 0.126. The van der Waals surface area contributed by atoms with Crippen LogP contribution in [-0.4, -0.2) is 31.8 Å². The van der Waals surface area contributed by atoms with E-state index in [1.165, 1.54) is 12.8 Å². The Hall–Kier alpha value is -1.95. The summed E-state index contributed by atoms with van der Waals surface area (Å²) in [5.74, 6) is 0.584. The number of hydrogen-bond donors (Lipinski definition) is 2. The molecule has 2 aromatic heterocycles. The standard InChI is InChI=1S/C18H24N4O2/c23-15-8-6-13(7-9-15)20-18-19-11-12-5-10-16(24)22(17(12)21-18)14-3-1-2-4-14/h5,10-11,13-15,23H,1-4,6-9H2,(H,19,20,21)/t13-,15-. The summed E-state index contributed by atoms with van der Waals surface area (Å²) in [6.07, 6.45) is 9.55. The predicted molar refractivity (Wildman–Crippen MR) is 93.2 cm³/mol. The van der Waals surface area contributed by atoms with E-state index in [4.69, 9.17) is 0 Å². The molecule has 4 rings (SSSR count). The topological polar surface area (TPSA) is 80.0 Å². The molecule has 0 atom stereocenters. The van der Waals surface area contributed by atoms with Gasteiger partial charge in [-0.15, -0.1) is 0 Å². The van der Waals surface area contributed by atoms with Crippen molar-refractivity contribution in [1.29, 1.82) is 0 Å². The van der Waals surface area contributed by atoms with E-state index >= 15 is 0 Å². The predicted octanol–water partition coefficient (Wildman–Crippen LogP) is 2.62. The molecule has 0 aromatic carbocycles. The van der Waals surface area contributed by atoms with Crippen LogP contribution >= 0.6 is 0 Å². The van der Waals surface area contributed by atoms with Gasteiger partial charge in [-0.05, 0) is 44.6 Å². The molecule has 2 aliphatic carbocycles. The minimum absolute atomic E-state index is 0.0276. The van der Waals surface area contributed by atoms with Gasteiger partial charge in [-0.25, -0.2) is 4.98 Å². The number of hydrogen-bond acceptors (Lipinski definition) is 5. The van der Waals surface area contributed by atoms with Crippen LogP contribution in [0, 0.1) is 0 Å². The highest BCUT2D eigenvalue weighted by Gasteiger charge is 2.22. The first-order valence-electron chi connectivity index (χ1n) is 9.03. The summed E-state index contributed by atoms with van der Waals surface area (Å²) < 4.78 is 1.86. The second-order valence-corrected chi connectivity index (χ2v) is 7.10. The van der Waals surface area contributed by atoms with E-state index in [-0.39, 0.29) is 17.7 Å². The summed E-state index contributed by atoms with van der Waals surface area (Å²) in [7, 11) is 0. The molecule has 2 saturated carbocycles. The van der Waals surface area contributed by atoms with E-state index in [1.54, 1.807) is 12.3 Å². The maximum Gasteiger partial charge on any atom is 0.252 e. The third kappa shape index (κ3) is 3.02. The number of nitrogens with one attached hydrogen (secondary N) is 1. The fourth-order valence-electron chi connectivity index (χ4n) is 4.03. The van der Waals surface area contributed by atoms with Crippen molar-refractivity contribution < 1.29 is 5.11 Å². The zero-order valence-electron chi connectivity index (χ0n) is 13.8. The molecule has 6 nitrogen and oxygen atoms in total. The van der Waals surface area contributed by atoms with E-state index in [0.29, 0.717) is 12.0 Å². The summed E-state index contributed by atoms with van der Waals surface area (Å²) in [6, 6.07) is 3.98. The number of aliphatic hydroxyl groups excluding tert-OH is 1. The highest BCUT2D eigenvalue weighted by atomic mass is 16.3. The molecule has 2 N–H and O–H groups in total. The summed E-state index contributed by atoms with van der Waals surface area (Å²) >= 11 is 0. The molecule has 0 amide bonds. The summed E-state index contributed by atoms with van der Waals surface area (Å²) in [4.78, 5) is 21.5. The summed E-state index contributed by atoms with van der Waals surface area (Å²) in [5.41, 5.74) is 0.766. The molecular weight excluding hydrogens is 304 g/mol. The van der Waals surface area contributed by atoms with Crippen LogP contribution in [0.25, 0.3) is 11.0 Å². The maximum atomic E-state index is 12.4. The SMILES string of the molecule is O=c1ccc2cnc(N[C@H]3CC[C@H](O)CC3)nc2n1C1CCCC1. The molecule has 2 aromatic rings. The Balaban J connectivity index is 1.66. The van der Waals surface area contributed by atoms with Crippen molar-refractivity contribution in [3.05, 3.63) is 28.7 Å². The third-order valence-corrected chi connectivity index (χ3v) is 5.39. The van der Waals surface area contributed by atoms with Gasteiger partial charge in [-0.1, -0.05) is 12.8 Å². The van der Waals surface area contributed by atoms with Crippen LogP contribution in [0.3, 0.4) is 0 Å². The molecule has 2 heterocycles. The van der Waals surface area contributed by atoms with Crippen molar-refractivity contribution in [2.75, 3.05) is 5.32 Å². The number of rotatable bonds is 3. The van der Waals surface area contributed by atoms with Crippen LogP contribution in [0.4, 0.5) is 5.95 Å². The zero-order valence-corrected chi connectivity index (χ0v) is 13.8. The second-order valence-electron chi connectivity index (χ2n) is 7.10. The molecule has 2 aliphatic rings. The Kier molecular flexibility index (Phi) is 4.22. The van der Waals surface area contributed by atoms with Gasteiger partial charge in [0.1, 0.15) is 5.65 Å². The van der Waals surface area contributed by atoms with Gasteiger partial charge >= 0.3 is 0 Å². The number of pyridine rings is 1. The molecule has 0 aliphatic heterocycles. The fraction of sp³-hybridized carbons (Fsp3) is 0.611. The lowest BCUT2D eigenvalue weighted by Crippen LogP contribution is -2.29. The molecule has 128 valence electrons. The Bertz CT molecular complexity index is 774. The Morgan fingerprint density at radius 3 is 2.58 bits per heavy atom. The smallest absolute Gasteiger partial charge is 0.252 e. The fourth-order valence-corrected chi connectivity index (χ4v) is 4.03. The van der Waals surface area contributed by atoms with Crippen LogP contribution in [-0.2, 0) is 0 Å². The number of aliphatic hydroxyl groups is 1. The molecule has 2 fully saturated rings. The van der Waals surface area contributed by atoms with Gasteiger partial charge in [0, 0.05) is 29.7 Å². The van der Waals surface area contributed by atoms with Gasteiger partial charge < -0.3 is 10.4 Å². The van der Waals surface area contributed by atoms with Gasteiger partial charge in [0.15, 0.2) is 0 Å². The van der Waals surface area contributed by atoms with Crippen molar-refractivity contribution in [2.45, 2.75) is 69.6 Å². The molecule has 24 heavy (non-hydrogen) atoms. The normalized spacial score (nSPS) is 25.2. The molecule has 0 spiro atoms. The van der Waals surface area contributed by atoms with Crippen molar-refractivity contribution in [2.24, 2.45) is 0 Å². The maximum absolute atomic E-state index is 12.4. The van der Waals surface area contributed by atoms with Crippen molar-refractivity contribution >= 4 is 17.0 Å². The van der Waals surface area contributed by atoms with Crippen LogP contribution in [0.5, 0.6) is 0 Å². The van der Waals surface area contributed by atoms with Gasteiger partial charge in [-0.3, -0.25) is 9.36 Å². The first kappa shape index (κ1) is 15.6. The average Bonchev–Trinajstić information content (AvgIpc) is 3.11. The number of aromatic nitrogens is 3. The number of nitrogens with zero attached hydrogens (tertiary/aromatic N) is 3. The number of fused-ring (bicyclic) bond motifs is 1. The second kappa shape index (κ2) is 6.51. The van der Waals surface area contributed by atoms with Crippen LogP contribution < -0.4 is 10.9 Å². The lowest BCUT2D eigenvalue weighted by atomic mass is 9.93. The van der Waals surface area contributed by atoms with E-state index in [1.807, 2.05) is 10.6 Å². The van der Waals surface area contributed by atoms with Gasteiger partial charge in [0.2, 0.25) is 5.95 Å². The molecular formula is C18H24N4O2. The molecule has 0 saturated heterocycles. The summed E-state index contributed by atoms with van der Waals surface area (Å²) in [5, 5.41) is 13.9. The van der Waals surface area contributed by atoms with Gasteiger partial charge in [-0.2, -0.15) is 4.98 Å². The van der Waals surface area contributed by atoms with E-state index in [0.717, 1.165) is 49.6 Å². The first-order chi connectivity index (χ1) is 11.7. The van der Waals surface area contributed by atoms with Crippen molar-refractivity contribution in [3.63, 3.8) is 0 Å². The highest BCUT2D eigenvalue weighted by Crippen LogP contribution is 2.30.